The summed E-state index contributed by atoms with van der Waals surface area (Å²) in [5, 5.41) is 12.6. The standard InChI is InChI=1S/C15H16O/c16-15(10-11-8-9-11)14-7-3-5-12-4-1-2-6-13(12)14/h1-7,11,15-16H,8-10H2. The van der Waals surface area contributed by atoms with E-state index in [9.17, 15) is 5.11 Å². The Kier molecular flexibility index (Phi) is 2.41. The lowest BCUT2D eigenvalue weighted by atomic mass is 9.97. The van der Waals surface area contributed by atoms with Gasteiger partial charge >= 0.3 is 0 Å². The molecule has 0 heterocycles. The molecule has 0 amide bonds. The van der Waals surface area contributed by atoms with Crippen molar-refractivity contribution in [1.29, 1.82) is 0 Å². The monoisotopic (exact) mass is 212 g/mol. The highest BCUT2D eigenvalue weighted by atomic mass is 16.3. The van der Waals surface area contributed by atoms with Crippen LogP contribution >= 0.6 is 0 Å². The van der Waals surface area contributed by atoms with E-state index in [-0.39, 0.29) is 6.10 Å². The Morgan fingerprint density at radius 2 is 1.81 bits per heavy atom. The van der Waals surface area contributed by atoms with E-state index in [1.165, 1.54) is 23.6 Å². The molecule has 0 aliphatic heterocycles. The summed E-state index contributed by atoms with van der Waals surface area (Å²) in [6.07, 6.45) is 3.22. The lowest BCUT2D eigenvalue weighted by molar-refractivity contribution is 0.162. The Labute approximate surface area is 95.7 Å². The van der Waals surface area contributed by atoms with Gasteiger partial charge in [0.25, 0.3) is 0 Å². The summed E-state index contributed by atoms with van der Waals surface area (Å²) in [5.74, 6) is 0.758. The highest BCUT2D eigenvalue weighted by Gasteiger charge is 2.25. The molecular weight excluding hydrogens is 196 g/mol. The van der Waals surface area contributed by atoms with Crippen molar-refractivity contribution in [2.24, 2.45) is 5.92 Å². The minimum Gasteiger partial charge on any atom is -0.388 e. The summed E-state index contributed by atoms with van der Waals surface area (Å²) in [4.78, 5) is 0. The SMILES string of the molecule is OC(CC1CC1)c1cccc2ccccc12. The van der Waals surface area contributed by atoms with Crippen molar-refractivity contribution in [3.05, 3.63) is 48.0 Å². The number of aliphatic hydroxyl groups excluding tert-OH is 1. The van der Waals surface area contributed by atoms with E-state index in [2.05, 4.69) is 24.3 Å². The summed E-state index contributed by atoms with van der Waals surface area (Å²) in [5.41, 5.74) is 1.09. The van der Waals surface area contributed by atoms with E-state index in [1.54, 1.807) is 0 Å². The molecule has 0 saturated heterocycles. The van der Waals surface area contributed by atoms with Crippen LogP contribution in [0.25, 0.3) is 10.8 Å². The summed E-state index contributed by atoms with van der Waals surface area (Å²) in [6, 6.07) is 14.5. The molecule has 1 N–H and O–H groups in total. The fourth-order valence-corrected chi connectivity index (χ4v) is 2.34. The maximum absolute atomic E-state index is 10.2. The zero-order valence-electron chi connectivity index (χ0n) is 9.26. The lowest BCUT2D eigenvalue weighted by Crippen LogP contribution is -1.99. The first-order valence-corrected chi connectivity index (χ1v) is 6.00. The second-order valence-corrected chi connectivity index (χ2v) is 4.76. The van der Waals surface area contributed by atoms with Gasteiger partial charge in [-0.3, -0.25) is 0 Å². The van der Waals surface area contributed by atoms with Crippen LogP contribution in [0.3, 0.4) is 0 Å². The molecule has 1 saturated carbocycles. The Balaban J connectivity index is 2.00. The number of hydrogen-bond acceptors (Lipinski definition) is 1. The zero-order chi connectivity index (χ0) is 11.0. The molecule has 3 rings (SSSR count). The molecule has 0 aromatic heterocycles. The molecule has 1 aliphatic rings. The van der Waals surface area contributed by atoms with Gasteiger partial charge in [-0.2, -0.15) is 0 Å². The van der Waals surface area contributed by atoms with Crippen molar-refractivity contribution >= 4 is 10.8 Å². The van der Waals surface area contributed by atoms with E-state index in [0.717, 1.165) is 17.9 Å². The van der Waals surface area contributed by atoms with Gasteiger partial charge in [0.05, 0.1) is 6.10 Å². The Bertz CT molecular complexity index is 494. The van der Waals surface area contributed by atoms with Crippen LogP contribution < -0.4 is 0 Å². The van der Waals surface area contributed by atoms with Gasteiger partial charge in [0.1, 0.15) is 0 Å². The normalized spacial score (nSPS) is 17.6. The molecule has 1 nitrogen and oxygen atoms in total. The fourth-order valence-electron chi connectivity index (χ4n) is 2.34. The summed E-state index contributed by atoms with van der Waals surface area (Å²) in [7, 11) is 0. The molecule has 1 heteroatoms. The van der Waals surface area contributed by atoms with Crippen LogP contribution in [0.4, 0.5) is 0 Å². The summed E-state index contributed by atoms with van der Waals surface area (Å²) >= 11 is 0. The van der Waals surface area contributed by atoms with Crippen LogP contribution in [0, 0.1) is 5.92 Å². The topological polar surface area (TPSA) is 20.2 Å². The number of hydrogen-bond donors (Lipinski definition) is 1. The fraction of sp³-hybridized carbons (Fsp3) is 0.333. The smallest absolute Gasteiger partial charge is 0.0798 e. The van der Waals surface area contributed by atoms with Gasteiger partial charge in [0.15, 0.2) is 0 Å². The van der Waals surface area contributed by atoms with Crippen LogP contribution in [0.2, 0.25) is 0 Å². The van der Waals surface area contributed by atoms with Crippen molar-refractivity contribution < 1.29 is 5.11 Å². The second kappa shape index (κ2) is 3.91. The van der Waals surface area contributed by atoms with Gasteiger partial charge in [0, 0.05) is 0 Å². The van der Waals surface area contributed by atoms with E-state index >= 15 is 0 Å². The molecule has 0 bridgehead atoms. The number of fused-ring (bicyclic) bond motifs is 1. The average Bonchev–Trinajstić information content (AvgIpc) is 3.12. The second-order valence-electron chi connectivity index (χ2n) is 4.76. The summed E-state index contributed by atoms with van der Waals surface area (Å²) in [6.45, 7) is 0. The maximum atomic E-state index is 10.2. The van der Waals surface area contributed by atoms with Gasteiger partial charge < -0.3 is 5.11 Å². The third-order valence-electron chi connectivity index (χ3n) is 3.44. The van der Waals surface area contributed by atoms with E-state index in [0.29, 0.717) is 0 Å². The zero-order valence-corrected chi connectivity index (χ0v) is 9.26. The largest absolute Gasteiger partial charge is 0.388 e. The first-order valence-electron chi connectivity index (χ1n) is 6.00. The molecule has 1 aliphatic carbocycles. The highest BCUT2D eigenvalue weighted by Crippen LogP contribution is 2.38. The Hall–Kier alpha value is -1.34. The Morgan fingerprint density at radius 3 is 2.62 bits per heavy atom. The highest BCUT2D eigenvalue weighted by molar-refractivity contribution is 5.85. The average molecular weight is 212 g/mol. The van der Waals surface area contributed by atoms with Crippen LogP contribution in [0.5, 0.6) is 0 Å². The molecule has 2 aromatic carbocycles. The van der Waals surface area contributed by atoms with Crippen molar-refractivity contribution in [3.8, 4) is 0 Å². The molecular formula is C15H16O. The van der Waals surface area contributed by atoms with E-state index < -0.39 is 0 Å². The van der Waals surface area contributed by atoms with E-state index in [1.807, 2.05) is 18.2 Å². The first-order chi connectivity index (χ1) is 7.84. The molecule has 0 spiro atoms. The Morgan fingerprint density at radius 1 is 1.06 bits per heavy atom. The van der Waals surface area contributed by atoms with Crippen molar-refractivity contribution in [2.75, 3.05) is 0 Å². The molecule has 1 fully saturated rings. The van der Waals surface area contributed by atoms with E-state index in [4.69, 9.17) is 0 Å². The van der Waals surface area contributed by atoms with Gasteiger partial charge in [-0.15, -0.1) is 0 Å². The molecule has 82 valence electrons. The molecule has 16 heavy (non-hydrogen) atoms. The quantitative estimate of drug-likeness (QED) is 0.823. The number of benzene rings is 2. The number of aliphatic hydroxyl groups is 1. The molecule has 1 unspecified atom stereocenters. The first kappa shape index (κ1) is 9.86. The third kappa shape index (κ3) is 1.83. The number of rotatable bonds is 3. The molecule has 2 aromatic rings. The maximum Gasteiger partial charge on any atom is 0.0798 e. The minimum absolute atomic E-state index is 0.293. The van der Waals surface area contributed by atoms with Gasteiger partial charge in [-0.05, 0) is 28.7 Å². The third-order valence-corrected chi connectivity index (χ3v) is 3.44. The van der Waals surface area contributed by atoms with Crippen molar-refractivity contribution in [1.82, 2.24) is 0 Å². The van der Waals surface area contributed by atoms with Crippen LogP contribution in [0.15, 0.2) is 42.5 Å². The molecule has 1 atom stereocenters. The van der Waals surface area contributed by atoms with Crippen molar-refractivity contribution in [3.63, 3.8) is 0 Å². The lowest BCUT2D eigenvalue weighted by Gasteiger charge is -2.13. The van der Waals surface area contributed by atoms with Crippen LogP contribution in [-0.4, -0.2) is 5.11 Å². The predicted octanol–water partition coefficient (Wildman–Crippen LogP) is 3.67. The summed E-state index contributed by atoms with van der Waals surface area (Å²) < 4.78 is 0. The van der Waals surface area contributed by atoms with Crippen LogP contribution in [0.1, 0.15) is 30.9 Å². The minimum atomic E-state index is -0.293. The van der Waals surface area contributed by atoms with Gasteiger partial charge in [-0.1, -0.05) is 55.3 Å². The van der Waals surface area contributed by atoms with Gasteiger partial charge in [0.2, 0.25) is 0 Å². The predicted molar refractivity (Wildman–Crippen MR) is 66.2 cm³/mol. The van der Waals surface area contributed by atoms with Crippen LogP contribution in [-0.2, 0) is 0 Å². The van der Waals surface area contributed by atoms with Gasteiger partial charge in [-0.25, -0.2) is 0 Å². The van der Waals surface area contributed by atoms with Crippen molar-refractivity contribution in [2.45, 2.75) is 25.4 Å². The molecule has 0 radical (unpaired) electrons.